The molecule has 1 atom stereocenters. The van der Waals surface area contributed by atoms with Gasteiger partial charge in [-0.05, 0) is 52.9 Å². The zero-order valence-electron chi connectivity index (χ0n) is 10.9. The predicted octanol–water partition coefficient (Wildman–Crippen LogP) is 5.05. The summed E-state index contributed by atoms with van der Waals surface area (Å²) in [7, 11) is 0. The maximum absolute atomic E-state index is 13.4. The molecule has 0 radical (unpaired) electrons. The molecule has 0 saturated carbocycles. The zero-order valence-corrected chi connectivity index (χ0v) is 13.3. The van der Waals surface area contributed by atoms with Crippen molar-refractivity contribution in [2.75, 3.05) is 5.32 Å². The van der Waals surface area contributed by atoms with E-state index in [4.69, 9.17) is 0 Å². The maximum Gasteiger partial charge on any atom is 0.292 e. The van der Waals surface area contributed by atoms with Crippen molar-refractivity contribution < 1.29 is 9.31 Å². The van der Waals surface area contributed by atoms with E-state index >= 15 is 0 Å². The molecule has 0 bridgehead atoms. The van der Waals surface area contributed by atoms with Crippen LogP contribution in [0.1, 0.15) is 29.3 Å². The molecule has 1 heterocycles. The zero-order chi connectivity index (χ0) is 15.0. The largest absolute Gasteiger partial charge is 0.373 e. The van der Waals surface area contributed by atoms with Gasteiger partial charge in [0.25, 0.3) is 5.69 Å². The van der Waals surface area contributed by atoms with Crippen LogP contribution in [0.15, 0.2) is 28.1 Å². The fourth-order valence-electron chi connectivity index (χ4n) is 2.64. The molecule has 1 aliphatic carbocycles. The molecular formula is C14H12BrFN2O2S. The summed E-state index contributed by atoms with van der Waals surface area (Å²) in [5.74, 6) is -0.481. The van der Waals surface area contributed by atoms with Crippen molar-refractivity contribution in [1.29, 1.82) is 0 Å². The highest BCUT2D eigenvalue weighted by Crippen LogP contribution is 2.40. The second kappa shape index (κ2) is 5.73. The Balaban J connectivity index is 1.94. The van der Waals surface area contributed by atoms with Crippen molar-refractivity contribution >= 4 is 38.6 Å². The van der Waals surface area contributed by atoms with Gasteiger partial charge >= 0.3 is 0 Å². The van der Waals surface area contributed by atoms with Gasteiger partial charge in [0.15, 0.2) is 0 Å². The molecule has 4 nitrogen and oxygen atoms in total. The van der Waals surface area contributed by atoms with Gasteiger partial charge in [0.05, 0.1) is 14.8 Å². The molecule has 0 aliphatic heterocycles. The van der Waals surface area contributed by atoms with Crippen molar-refractivity contribution in [2.24, 2.45) is 0 Å². The summed E-state index contributed by atoms with van der Waals surface area (Å²) in [5, 5.41) is 14.2. The number of fused-ring (bicyclic) bond motifs is 1. The molecule has 2 aromatic rings. The number of thiophene rings is 1. The van der Waals surface area contributed by atoms with Crippen molar-refractivity contribution in [3.8, 4) is 0 Å². The first-order valence-corrected chi connectivity index (χ1v) is 8.14. The third-order valence-corrected chi connectivity index (χ3v) is 5.28. The lowest BCUT2D eigenvalue weighted by Gasteiger charge is -2.24. The average molecular weight is 371 g/mol. The molecule has 0 saturated heterocycles. The lowest BCUT2D eigenvalue weighted by Crippen LogP contribution is -2.16. The number of nitro groups is 1. The molecular weight excluding hydrogens is 359 g/mol. The third-order valence-electron chi connectivity index (χ3n) is 3.57. The first-order chi connectivity index (χ1) is 10.0. The highest BCUT2D eigenvalue weighted by atomic mass is 79.9. The Bertz CT molecular complexity index is 704. The summed E-state index contributed by atoms with van der Waals surface area (Å²) in [6.45, 7) is 0. The summed E-state index contributed by atoms with van der Waals surface area (Å²) >= 11 is 5.16. The van der Waals surface area contributed by atoms with E-state index in [-0.39, 0.29) is 17.4 Å². The fraction of sp³-hybridized carbons (Fsp3) is 0.286. The molecule has 1 unspecified atom stereocenters. The number of aryl methyl sites for hydroxylation is 1. The molecule has 7 heteroatoms. The molecule has 1 N–H and O–H groups in total. The van der Waals surface area contributed by atoms with E-state index in [1.165, 1.54) is 17.0 Å². The molecule has 21 heavy (non-hydrogen) atoms. The highest BCUT2D eigenvalue weighted by molar-refractivity contribution is 9.11. The normalized spacial score (nSPS) is 17.3. The molecule has 0 amide bonds. The summed E-state index contributed by atoms with van der Waals surface area (Å²) < 4.78 is 14.4. The third kappa shape index (κ3) is 2.94. The Hall–Kier alpha value is -1.47. The smallest absolute Gasteiger partial charge is 0.292 e. The summed E-state index contributed by atoms with van der Waals surface area (Å²) in [4.78, 5) is 11.9. The van der Waals surface area contributed by atoms with Crippen LogP contribution in [0.2, 0.25) is 0 Å². The van der Waals surface area contributed by atoms with Gasteiger partial charge < -0.3 is 5.32 Å². The monoisotopic (exact) mass is 370 g/mol. The molecule has 1 aromatic heterocycles. The first kappa shape index (κ1) is 14.5. The lowest BCUT2D eigenvalue weighted by atomic mass is 9.94. The average Bonchev–Trinajstić information content (AvgIpc) is 2.80. The van der Waals surface area contributed by atoms with Gasteiger partial charge in [-0.25, -0.2) is 4.39 Å². The van der Waals surface area contributed by atoms with Crippen molar-refractivity contribution in [3.05, 3.63) is 54.4 Å². The quantitative estimate of drug-likeness (QED) is 0.607. The van der Waals surface area contributed by atoms with Gasteiger partial charge in [0.2, 0.25) is 0 Å². The molecule has 1 aromatic carbocycles. The molecule has 0 spiro atoms. The van der Waals surface area contributed by atoms with Crippen LogP contribution in [-0.4, -0.2) is 4.92 Å². The van der Waals surface area contributed by atoms with Crippen molar-refractivity contribution in [2.45, 2.75) is 25.3 Å². The van der Waals surface area contributed by atoms with Crippen LogP contribution in [0.4, 0.5) is 15.8 Å². The van der Waals surface area contributed by atoms with Gasteiger partial charge in [0, 0.05) is 17.0 Å². The Morgan fingerprint density at radius 1 is 1.43 bits per heavy atom. The predicted molar refractivity (Wildman–Crippen MR) is 84.4 cm³/mol. The second-order valence-corrected chi connectivity index (χ2v) is 7.45. The van der Waals surface area contributed by atoms with Gasteiger partial charge in [-0.3, -0.25) is 10.1 Å². The number of nitrogens with zero attached hydrogens (tertiary/aromatic N) is 1. The Morgan fingerprint density at radius 2 is 2.24 bits per heavy atom. The SMILES string of the molecule is O=[N+]([O-])c1ccc(F)cc1NC1CCCc2sc(Br)cc21. The van der Waals surface area contributed by atoms with Crippen molar-refractivity contribution in [1.82, 2.24) is 0 Å². The number of hydrogen-bond donors (Lipinski definition) is 1. The first-order valence-electron chi connectivity index (χ1n) is 6.53. The van der Waals surface area contributed by atoms with Crippen LogP contribution in [-0.2, 0) is 6.42 Å². The number of nitrogens with one attached hydrogen (secondary N) is 1. The summed E-state index contributed by atoms with van der Waals surface area (Å²) in [5.41, 5.74) is 1.29. The number of rotatable bonds is 3. The van der Waals surface area contributed by atoms with Crippen LogP contribution >= 0.6 is 27.3 Å². The minimum absolute atomic E-state index is 0.0169. The van der Waals surface area contributed by atoms with Gasteiger partial charge in [0.1, 0.15) is 11.5 Å². The number of hydrogen-bond acceptors (Lipinski definition) is 4. The van der Waals surface area contributed by atoms with Gasteiger partial charge in [-0.15, -0.1) is 11.3 Å². The Labute approximate surface area is 133 Å². The van der Waals surface area contributed by atoms with Crippen LogP contribution in [0.3, 0.4) is 0 Å². The van der Waals surface area contributed by atoms with E-state index in [1.807, 2.05) is 6.07 Å². The summed E-state index contributed by atoms with van der Waals surface area (Å²) in [6.07, 6.45) is 2.92. The van der Waals surface area contributed by atoms with Crippen LogP contribution < -0.4 is 5.32 Å². The van der Waals surface area contributed by atoms with E-state index in [0.29, 0.717) is 0 Å². The molecule has 3 rings (SSSR count). The number of nitro benzene ring substituents is 1. The lowest BCUT2D eigenvalue weighted by molar-refractivity contribution is -0.384. The van der Waals surface area contributed by atoms with E-state index in [9.17, 15) is 14.5 Å². The second-order valence-electron chi connectivity index (χ2n) is 4.94. The van der Waals surface area contributed by atoms with E-state index in [2.05, 4.69) is 21.2 Å². The molecule has 1 aliphatic rings. The Kier molecular flexibility index (Phi) is 3.95. The van der Waals surface area contributed by atoms with Gasteiger partial charge in [-0.2, -0.15) is 0 Å². The van der Waals surface area contributed by atoms with Crippen molar-refractivity contribution in [3.63, 3.8) is 0 Å². The van der Waals surface area contributed by atoms with Crippen LogP contribution in [0.25, 0.3) is 0 Å². The topological polar surface area (TPSA) is 55.2 Å². The highest BCUT2D eigenvalue weighted by Gasteiger charge is 2.25. The Morgan fingerprint density at radius 3 is 3.00 bits per heavy atom. The summed E-state index contributed by atoms with van der Waals surface area (Å²) in [6, 6.07) is 5.52. The van der Waals surface area contributed by atoms with Crippen LogP contribution in [0.5, 0.6) is 0 Å². The minimum atomic E-state index is -0.491. The standard InChI is InChI=1S/C14H12BrFN2O2S/c15-14-7-9-10(2-1-3-13(9)21-14)17-11-6-8(16)4-5-12(11)18(19)20/h4-7,10,17H,1-3H2. The minimum Gasteiger partial charge on any atom is -0.373 e. The van der Waals surface area contributed by atoms with E-state index in [0.717, 1.165) is 34.7 Å². The van der Waals surface area contributed by atoms with E-state index in [1.54, 1.807) is 11.3 Å². The maximum atomic E-state index is 13.4. The number of benzene rings is 1. The molecule has 0 fully saturated rings. The number of anilines is 1. The fourth-order valence-corrected chi connectivity index (χ4v) is 4.46. The molecule has 110 valence electrons. The number of halogens is 2. The van der Waals surface area contributed by atoms with E-state index < -0.39 is 10.7 Å². The van der Waals surface area contributed by atoms with Crippen LogP contribution in [0, 0.1) is 15.9 Å². The van der Waals surface area contributed by atoms with Gasteiger partial charge in [-0.1, -0.05) is 0 Å².